The Kier molecular flexibility index (Phi) is 7.81. The lowest BCUT2D eigenvalue weighted by Gasteiger charge is -2.32. The van der Waals surface area contributed by atoms with E-state index in [2.05, 4.69) is 20.8 Å². The monoisotopic (exact) mass is 376 g/mol. The zero-order chi connectivity index (χ0) is 20.1. The van der Waals surface area contributed by atoms with Gasteiger partial charge in [-0.1, -0.05) is 40.7 Å². The van der Waals surface area contributed by atoms with Crippen molar-refractivity contribution in [2.45, 2.75) is 79.2 Å². The Labute approximate surface area is 164 Å². The van der Waals surface area contributed by atoms with Crippen molar-refractivity contribution in [2.75, 3.05) is 0 Å². The van der Waals surface area contributed by atoms with Gasteiger partial charge in [0.1, 0.15) is 11.9 Å². The maximum absolute atomic E-state index is 12.4. The summed E-state index contributed by atoms with van der Waals surface area (Å²) in [6, 6.07) is 0. The van der Waals surface area contributed by atoms with Crippen LogP contribution in [0.5, 0.6) is 0 Å². The number of esters is 1. The van der Waals surface area contributed by atoms with E-state index in [0.717, 1.165) is 25.7 Å². The van der Waals surface area contributed by atoms with Gasteiger partial charge in [-0.15, -0.1) is 0 Å². The third kappa shape index (κ3) is 6.02. The molecule has 3 unspecified atom stereocenters. The first kappa shape index (κ1) is 21.8. The molecule has 0 aromatic heterocycles. The number of ether oxygens (including phenoxy) is 1. The largest absolute Gasteiger partial charge is 0.462 e. The SMILES string of the molecule is CC(C)CC(=O)CCCC1CC(C)C(=O)/C=C\[C@@H](C)C[C@H]2OC(=O)C(C)[C@H]12. The Morgan fingerprint density at radius 1 is 1.19 bits per heavy atom. The molecule has 6 atom stereocenters. The van der Waals surface area contributed by atoms with E-state index >= 15 is 0 Å². The van der Waals surface area contributed by atoms with Crippen LogP contribution < -0.4 is 0 Å². The quantitative estimate of drug-likeness (QED) is 0.627. The van der Waals surface area contributed by atoms with Gasteiger partial charge in [0.05, 0.1) is 5.92 Å². The minimum absolute atomic E-state index is 0.0635. The Bertz CT molecular complexity index is 577. The van der Waals surface area contributed by atoms with E-state index in [1.165, 1.54) is 0 Å². The zero-order valence-corrected chi connectivity index (χ0v) is 17.6. The van der Waals surface area contributed by atoms with E-state index in [1.54, 1.807) is 6.08 Å². The van der Waals surface area contributed by atoms with Crippen LogP contribution in [0, 0.1) is 35.5 Å². The lowest BCUT2D eigenvalue weighted by Crippen LogP contribution is -2.32. The first-order valence-corrected chi connectivity index (χ1v) is 10.6. The molecule has 1 saturated heterocycles. The second-order valence-corrected chi connectivity index (χ2v) is 9.24. The normalized spacial score (nSPS) is 35.6. The Hall–Kier alpha value is -1.45. The van der Waals surface area contributed by atoms with Gasteiger partial charge >= 0.3 is 5.97 Å². The van der Waals surface area contributed by atoms with Crippen LogP contribution in [0.1, 0.15) is 73.1 Å². The fourth-order valence-electron chi connectivity index (χ4n) is 4.76. The fourth-order valence-corrected chi connectivity index (χ4v) is 4.76. The van der Waals surface area contributed by atoms with Crippen LogP contribution in [-0.2, 0) is 19.1 Å². The highest BCUT2D eigenvalue weighted by atomic mass is 16.6. The fraction of sp³-hybridized carbons (Fsp3) is 0.783. The number of hydrogen-bond acceptors (Lipinski definition) is 4. The highest BCUT2D eigenvalue weighted by Gasteiger charge is 2.46. The smallest absolute Gasteiger partial charge is 0.309 e. The summed E-state index contributed by atoms with van der Waals surface area (Å²) in [7, 11) is 0. The summed E-state index contributed by atoms with van der Waals surface area (Å²) >= 11 is 0. The van der Waals surface area contributed by atoms with Gasteiger partial charge in [0.25, 0.3) is 0 Å². The molecule has 1 heterocycles. The van der Waals surface area contributed by atoms with Gasteiger partial charge in [-0.2, -0.15) is 0 Å². The van der Waals surface area contributed by atoms with E-state index in [1.807, 2.05) is 19.9 Å². The molecule has 0 amide bonds. The Balaban J connectivity index is 2.14. The summed E-state index contributed by atoms with van der Waals surface area (Å²) in [5, 5.41) is 0. The van der Waals surface area contributed by atoms with Gasteiger partial charge in [-0.05, 0) is 49.5 Å². The molecule has 0 aromatic rings. The molecule has 0 saturated carbocycles. The predicted octanol–water partition coefficient (Wildman–Crippen LogP) is 4.76. The minimum atomic E-state index is -0.135. The molecular weight excluding hydrogens is 340 g/mol. The summed E-state index contributed by atoms with van der Waals surface area (Å²) in [6.45, 7) is 10.1. The van der Waals surface area contributed by atoms with Crippen LogP contribution in [-0.4, -0.2) is 23.6 Å². The van der Waals surface area contributed by atoms with Gasteiger partial charge in [0.2, 0.25) is 0 Å². The highest BCUT2D eigenvalue weighted by molar-refractivity contribution is 5.91. The molecule has 0 spiro atoms. The zero-order valence-electron chi connectivity index (χ0n) is 17.6. The number of Topliss-reactive ketones (excluding diaryl/α,β-unsaturated/α-hetero) is 1. The topological polar surface area (TPSA) is 60.4 Å². The van der Waals surface area contributed by atoms with Gasteiger partial charge in [-0.3, -0.25) is 14.4 Å². The van der Waals surface area contributed by atoms with Crippen LogP contribution in [0.25, 0.3) is 0 Å². The van der Waals surface area contributed by atoms with Crippen molar-refractivity contribution in [3.8, 4) is 0 Å². The number of allylic oxidation sites excluding steroid dienone is 2. The van der Waals surface area contributed by atoms with Crippen molar-refractivity contribution >= 4 is 17.5 Å². The maximum Gasteiger partial charge on any atom is 0.309 e. The molecule has 1 fully saturated rings. The minimum Gasteiger partial charge on any atom is -0.462 e. The number of rotatable bonds is 6. The number of fused-ring (bicyclic) bond motifs is 1. The van der Waals surface area contributed by atoms with Crippen LogP contribution in [0.4, 0.5) is 0 Å². The van der Waals surface area contributed by atoms with Crippen molar-refractivity contribution < 1.29 is 19.1 Å². The molecule has 2 rings (SSSR count). The Morgan fingerprint density at radius 2 is 1.89 bits per heavy atom. The average Bonchev–Trinajstić information content (AvgIpc) is 2.84. The van der Waals surface area contributed by atoms with E-state index in [-0.39, 0.29) is 47.4 Å². The summed E-state index contributed by atoms with van der Waals surface area (Å²) in [6.07, 6.45) is 8.04. The molecule has 4 heteroatoms. The van der Waals surface area contributed by atoms with Gasteiger partial charge < -0.3 is 4.74 Å². The van der Waals surface area contributed by atoms with Crippen molar-refractivity contribution in [3.05, 3.63) is 12.2 Å². The molecule has 27 heavy (non-hydrogen) atoms. The second-order valence-electron chi connectivity index (χ2n) is 9.24. The van der Waals surface area contributed by atoms with E-state index in [9.17, 15) is 14.4 Å². The predicted molar refractivity (Wildman–Crippen MR) is 106 cm³/mol. The third-order valence-corrected chi connectivity index (χ3v) is 6.19. The lowest BCUT2D eigenvalue weighted by molar-refractivity contribution is -0.144. The van der Waals surface area contributed by atoms with Crippen LogP contribution in [0.15, 0.2) is 12.2 Å². The number of carbonyl (C=O) groups is 3. The molecule has 2 aliphatic rings. The summed E-state index contributed by atoms with van der Waals surface area (Å²) in [5.74, 6) is 1.15. The van der Waals surface area contributed by atoms with Gasteiger partial charge in [0, 0.05) is 24.7 Å². The van der Waals surface area contributed by atoms with Crippen molar-refractivity contribution in [1.29, 1.82) is 0 Å². The number of hydrogen-bond donors (Lipinski definition) is 0. The summed E-state index contributed by atoms with van der Waals surface area (Å²) in [4.78, 5) is 36.8. The summed E-state index contributed by atoms with van der Waals surface area (Å²) in [5.41, 5.74) is 0. The molecule has 1 aliphatic heterocycles. The molecule has 0 aromatic carbocycles. The molecule has 0 bridgehead atoms. The standard InChI is InChI=1S/C23H36O4/c1-14(2)11-19(24)8-6-7-18-13-16(4)20(25)10-9-15(3)12-21-22(18)17(5)23(26)27-21/h9-10,14-18,21-22H,6-8,11-13H2,1-5H3/b10-9-/t15-,16?,17?,18?,21-,22-/m1/s1. The molecule has 0 radical (unpaired) electrons. The lowest BCUT2D eigenvalue weighted by atomic mass is 9.71. The number of carbonyl (C=O) groups excluding carboxylic acids is 3. The number of ketones is 2. The molecule has 152 valence electrons. The molecule has 0 N–H and O–H groups in total. The van der Waals surface area contributed by atoms with E-state index < -0.39 is 0 Å². The van der Waals surface area contributed by atoms with Crippen molar-refractivity contribution in [2.24, 2.45) is 35.5 Å². The molecular formula is C23H36O4. The Morgan fingerprint density at radius 3 is 2.56 bits per heavy atom. The summed E-state index contributed by atoms with van der Waals surface area (Å²) < 4.78 is 5.73. The maximum atomic E-state index is 12.4. The highest BCUT2D eigenvalue weighted by Crippen LogP contribution is 2.42. The average molecular weight is 377 g/mol. The van der Waals surface area contributed by atoms with Gasteiger partial charge in [-0.25, -0.2) is 0 Å². The first-order valence-electron chi connectivity index (χ1n) is 10.6. The van der Waals surface area contributed by atoms with E-state index in [4.69, 9.17) is 4.74 Å². The first-order chi connectivity index (χ1) is 12.7. The molecule has 1 aliphatic carbocycles. The second kappa shape index (κ2) is 9.66. The molecule has 4 nitrogen and oxygen atoms in total. The van der Waals surface area contributed by atoms with Crippen LogP contribution in [0.3, 0.4) is 0 Å². The van der Waals surface area contributed by atoms with Crippen molar-refractivity contribution in [1.82, 2.24) is 0 Å². The van der Waals surface area contributed by atoms with Crippen LogP contribution in [0.2, 0.25) is 0 Å². The van der Waals surface area contributed by atoms with Crippen LogP contribution >= 0.6 is 0 Å². The third-order valence-electron chi connectivity index (χ3n) is 6.19. The van der Waals surface area contributed by atoms with E-state index in [0.29, 0.717) is 24.5 Å². The van der Waals surface area contributed by atoms with Crippen molar-refractivity contribution in [3.63, 3.8) is 0 Å². The van der Waals surface area contributed by atoms with Gasteiger partial charge in [0.15, 0.2) is 5.78 Å².